The van der Waals surface area contributed by atoms with Crippen LogP contribution in [0.2, 0.25) is 5.15 Å². The van der Waals surface area contributed by atoms with E-state index in [0.29, 0.717) is 17.4 Å². The molecule has 5 nitrogen and oxygen atoms in total. The molecule has 1 aromatic heterocycles. The van der Waals surface area contributed by atoms with Gasteiger partial charge >= 0.3 is 0 Å². The second-order valence-corrected chi connectivity index (χ2v) is 4.44. The first-order valence-corrected chi connectivity index (χ1v) is 5.60. The first-order chi connectivity index (χ1) is 7.69. The van der Waals surface area contributed by atoms with Crippen molar-refractivity contribution in [1.29, 1.82) is 0 Å². The monoisotopic (exact) mass is 243 g/mol. The van der Waals surface area contributed by atoms with E-state index in [1.807, 2.05) is 0 Å². The van der Waals surface area contributed by atoms with Gasteiger partial charge in [0.2, 0.25) is 0 Å². The van der Waals surface area contributed by atoms with Crippen LogP contribution < -0.4 is 5.32 Å². The number of nitrogens with zero attached hydrogens (tertiary/aromatic N) is 2. The Morgan fingerprint density at radius 2 is 2.25 bits per heavy atom. The molecule has 0 unspecified atom stereocenters. The van der Waals surface area contributed by atoms with Crippen LogP contribution in [-0.2, 0) is 0 Å². The normalized spacial score (nSPS) is 29.3. The van der Waals surface area contributed by atoms with Crippen LogP contribution in [-0.4, -0.2) is 38.9 Å². The van der Waals surface area contributed by atoms with E-state index in [4.69, 9.17) is 16.7 Å². The summed E-state index contributed by atoms with van der Waals surface area (Å²) in [5.41, 5.74) is 0. The Bertz CT molecular complexity index is 364. The molecule has 0 bridgehead atoms. The Hall–Kier alpha value is -0.910. The van der Waals surface area contributed by atoms with E-state index in [-0.39, 0.29) is 18.6 Å². The first-order valence-electron chi connectivity index (χ1n) is 5.22. The van der Waals surface area contributed by atoms with Gasteiger partial charge in [-0.05, 0) is 12.8 Å². The standard InChI is InChI=1S/C10H14ClN3O2/c11-9-3-10(13-5-12-9)14-7-1-6(4-15)8(16)2-7/h3,5-8,15-16H,1-2,4H2,(H,12,13,14)/t6-,7-,8+/m1/s1. The third-order valence-corrected chi connectivity index (χ3v) is 3.08. The van der Waals surface area contributed by atoms with Crippen LogP contribution in [0.1, 0.15) is 12.8 Å². The molecule has 1 aromatic rings. The number of aliphatic hydroxyl groups is 2. The van der Waals surface area contributed by atoms with E-state index in [9.17, 15) is 5.11 Å². The van der Waals surface area contributed by atoms with Crippen LogP contribution in [0.3, 0.4) is 0 Å². The molecule has 2 rings (SSSR count). The highest BCUT2D eigenvalue weighted by molar-refractivity contribution is 6.29. The lowest BCUT2D eigenvalue weighted by molar-refractivity contribution is 0.0908. The Morgan fingerprint density at radius 3 is 2.88 bits per heavy atom. The molecule has 16 heavy (non-hydrogen) atoms. The summed E-state index contributed by atoms with van der Waals surface area (Å²) in [6.07, 6.45) is 2.30. The van der Waals surface area contributed by atoms with Gasteiger partial charge in [0.1, 0.15) is 17.3 Å². The SMILES string of the molecule is OC[C@H]1C[C@@H](Nc2cc(Cl)ncn2)C[C@@H]1O. The average Bonchev–Trinajstić information content (AvgIpc) is 2.58. The number of nitrogens with one attached hydrogen (secondary N) is 1. The van der Waals surface area contributed by atoms with E-state index < -0.39 is 6.10 Å². The number of hydrogen-bond donors (Lipinski definition) is 3. The van der Waals surface area contributed by atoms with Crippen LogP contribution in [0.25, 0.3) is 0 Å². The summed E-state index contributed by atoms with van der Waals surface area (Å²) in [5, 5.41) is 22.2. The molecule has 3 N–H and O–H groups in total. The summed E-state index contributed by atoms with van der Waals surface area (Å²) < 4.78 is 0. The van der Waals surface area contributed by atoms with Gasteiger partial charge in [0.25, 0.3) is 0 Å². The first kappa shape index (κ1) is 11.6. The van der Waals surface area contributed by atoms with Crippen LogP contribution in [0, 0.1) is 5.92 Å². The van der Waals surface area contributed by atoms with Crippen molar-refractivity contribution < 1.29 is 10.2 Å². The number of anilines is 1. The van der Waals surface area contributed by atoms with Crippen molar-refractivity contribution in [3.8, 4) is 0 Å². The molecule has 6 heteroatoms. The highest BCUT2D eigenvalue weighted by Crippen LogP contribution is 2.28. The topological polar surface area (TPSA) is 78.3 Å². The fourth-order valence-corrected chi connectivity index (χ4v) is 2.19. The highest BCUT2D eigenvalue weighted by atomic mass is 35.5. The Balaban J connectivity index is 1.96. The van der Waals surface area contributed by atoms with Crippen LogP contribution >= 0.6 is 11.6 Å². The summed E-state index contributed by atoms with van der Waals surface area (Å²) in [4.78, 5) is 7.81. The van der Waals surface area contributed by atoms with Gasteiger partial charge in [-0.15, -0.1) is 0 Å². The molecule has 1 aliphatic carbocycles. The second kappa shape index (κ2) is 4.95. The fraction of sp³-hybridized carbons (Fsp3) is 0.600. The maximum atomic E-state index is 9.63. The van der Waals surface area contributed by atoms with E-state index in [0.717, 1.165) is 6.42 Å². The molecule has 0 saturated heterocycles. The van der Waals surface area contributed by atoms with Crippen molar-refractivity contribution in [1.82, 2.24) is 9.97 Å². The summed E-state index contributed by atoms with van der Waals surface area (Å²) in [6.45, 7) is 0.0177. The van der Waals surface area contributed by atoms with Crippen molar-refractivity contribution >= 4 is 17.4 Å². The van der Waals surface area contributed by atoms with Crippen LogP contribution in [0.5, 0.6) is 0 Å². The summed E-state index contributed by atoms with van der Waals surface area (Å²) >= 11 is 5.73. The highest BCUT2D eigenvalue weighted by Gasteiger charge is 2.32. The molecule has 3 atom stereocenters. The molecule has 1 aliphatic rings. The predicted molar refractivity (Wildman–Crippen MR) is 60.3 cm³/mol. The van der Waals surface area contributed by atoms with Crippen LogP contribution in [0.15, 0.2) is 12.4 Å². The van der Waals surface area contributed by atoms with Gasteiger partial charge in [-0.25, -0.2) is 9.97 Å². The average molecular weight is 244 g/mol. The number of aromatic nitrogens is 2. The third kappa shape index (κ3) is 2.61. The Morgan fingerprint density at radius 1 is 1.44 bits per heavy atom. The van der Waals surface area contributed by atoms with E-state index in [1.54, 1.807) is 6.07 Å². The maximum absolute atomic E-state index is 9.63. The zero-order valence-electron chi connectivity index (χ0n) is 8.67. The van der Waals surface area contributed by atoms with Gasteiger partial charge in [-0.2, -0.15) is 0 Å². The van der Waals surface area contributed by atoms with Crippen LogP contribution in [0.4, 0.5) is 5.82 Å². The Kier molecular flexibility index (Phi) is 3.58. The molecule has 88 valence electrons. The van der Waals surface area contributed by atoms with Gasteiger partial charge in [-0.3, -0.25) is 0 Å². The zero-order chi connectivity index (χ0) is 11.5. The lowest BCUT2D eigenvalue weighted by Crippen LogP contribution is -2.17. The third-order valence-electron chi connectivity index (χ3n) is 2.88. The smallest absolute Gasteiger partial charge is 0.134 e. The number of halogens is 1. The van der Waals surface area contributed by atoms with Gasteiger partial charge in [-0.1, -0.05) is 11.6 Å². The molecule has 0 aromatic carbocycles. The van der Waals surface area contributed by atoms with Crippen molar-refractivity contribution in [2.45, 2.75) is 25.0 Å². The van der Waals surface area contributed by atoms with Gasteiger partial charge in [0.05, 0.1) is 6.10 Å². The molecule has 1 heterocycles. The molecular formula is C10H14ClN3O2. The molecule has 0 aliphatic heterocycles. The second-order valence-electron chi connectivity index (χ2n) is 4.05. The van der Waals surface area contributed by atoms with Crippen molar-refractivity contribution in [3.05, 3.63) is 17.5 Å². The molecule has 1 saturated carbocycles. The molecule has 1 fully saturated rings. The van der Waals surface area contributed by atoms with Crippen molar-refractivity contribution in [2.75, 3.05) is 11.9 Å². The quantitative estimate of drug-likeness (QED) is 0.681. The molecule has 0 radical (unpaired) electrons. The Labute approximate surface area is 98.5 Å². The minimum absolute atomic E-state index is 0.0177. The number of rotatable bonds is 3. The molecular weight excluding hydrogens is 230 g/mol. The number of hydrogen-bond acceptors (Lipinski definition) is 5. The van der Waals surface area contributed by atoms with Crippen molar-refractivity contribution in [2.24, 2.45) is 5.92 Å². The molecule has 0 spiro atoms. The fourth-order valence-electron chi connectivity index (χ4n) is 2.04. The number of aliphatic hydroxyl groups excluding tert-OH is 2. The van der Waals surface area contributed by atoms with Gasteiger partial charge in [0, 0.05) is 24.6 Å². The minimum Gasteiger partial charge on any atom is -0.396 e. The maximum Gasteiger partial charge on any atom is 0.134 e. The molecule has 0 amide bonds. The van der Waals surface area contributed by atoms with Gasteiger partial charge < -0.3 is 15.5 Å². The lowest BCUT2D eigenvalue weighted by Gasteiger charge is -2.12. The van der Waals surface area contributed by atoms with E-state index in [2.05, 4.69) is 15.3 Å². The van der Waals surface area contributed by atoms with E-state index >= 15 is 0 Å². The van der Waals surface area contributed by atoms with Gasteiger partial charge in [0.15, 0.2) is 0 Å². The predicted octanol–water partition coefficient (Wildman–Crippen LogP) is 0.674. The lowest BCUT2D eigenvalue weighted by atomic mass is 10.1. The summed E-state index contributed by atoms with van der Waals surface area (Å²) in [5.74, 6) is 0.602. The van der Waals surface area contributed by atoms with Crippen molar-refractivity contribution in [3.63, 3.8) is 0 Å². The largest absolute Gasteiger partial charge is 0.396 e. The minimum atomic E-state index is -0.445. The zero-order valence-corrected chi connectivity index (χ0v) is 9.43. The summed E-state index contributed by atoms with van der Waals surface area (Å²) in [6, 6.07) is 1.76. The summed E-state index contributed by atoms with van der Waals surface area (Å²) in [7, 11) is 0. The van der Waals surface area contributed by atoms with E-state index in [1.165, 1.54) is 6.33 Å².